The maximum absolute atomic E-state index is 14.5. The molecule has 3 heterocycles. The SMILES string of the molecule is Cc1cc(C(=O)N2CCCC(C)C2CNc2nc3cc(Cl)ccc3o2)c(-c2ncccn2)cc1F. The zero-order chi connectivity index (χ0) is 24.5. The van der Waals surface area contributed by atoms with Crippen LogP contribution in [-0.4, -0.2) is 44.9 Å². The van der Waals surface area contributed by atoms with E-state index in [1.165, 1.54) is 6.07 Å². The van der Waals surface area contributed by atoms with Crippen LogP contribution in [-0.2, 0) is 0 Å². The minimum Gasteiger partial charge on any atom is -0.424 e. The maximum Gasteiger partial charge on any atom is 0.295 e. The highest BCUT2D eigenvalue weighted by molar-refractivity contribution is 6.31. The molecule has 35 heavy (non-hydrogen) atoms. The smallest absolute Gasteiger partial charge is 0.295 e. The molecule has 1 N–H and O–H groups in total. The molecule has 1 fully saturated rings. The number of carbonyl (C=O) groups is 1. The Morgan fingerprint density at radius 3 is 2.86 bits per heavy atom. The van der Waals surface area contributed by atoms with Gasteiger partial charge in [0, 0.05) is 36.1 Å². The van der Waals surface area contributed by atoms with Gasteiger partial charge in [0.25, 0.3) is 11.9 Å². The fourth-order valence-corrected chi connectivity index (χ4v) is 4.78. The Morgan fingerprint density at radius 2 is 2.06 bits per heavy atom. The summed E-state index contributed by atoms with van der Waals surface area (Å²) in [6.07, 6.45) is 5.05. The van der Waals surface area contributed by atoms with Crippen LogP contribution in [0.1, 0.15) is 35.7 Å². The molecule has 0 saturated carbocycles. The quantitative estimate of drug-likeness (QED) is 0.381. The van der Waals surface area contributed by atoms with Crippen molar-refractivity contribution in [1.82, 2.24) is 19.9 Å². The number of amides is 1. The number of anilines is 1. The average Bonchev–Trinajstić information content (AvgIpc) is 3.26. The Bertz CT molecular complexity index is 1380. The summed E-state index contributed by atoms with van der Waals surface area (Å²) in [5.74, 6) is 0.000146. The Morgan fingerprint density at radius 1 is 1.26 bits per heavy atom. The topological polar surface area (TPSA) is 84.2 Å². The fraction of sp³-hybridized carbons (Fsp3) is 0.308. The normalized spacial score (nSPS) is 18.1. The standard InChI is InChI=1S/C26H25ClFN5O2/c1-15-5-3-10-33(22(15)14-31-26-32-21-12-17(27)6-7-23(21)35-26)25(34)19-11-16(2)20(28)13-18(19)24-29-8-4-9-30-24/h4,6-9,11-13,15,22H,3,5,10,14H2,1-2H3,(H,31,32). The van der Waals surface area contributed by atoms with Gasteiger partial charge in [0.1, 0.15) is 11.3 Å². The van der Waals surface area contributed by atoms with Crippen LogP contribution in [0, 0.1) is 18.7 Å². The Balaban J connectivity index is 1.43. The van der Waals surface area contributed by atoms with Crippen LogP contribution < -0.4 is 5.32 Å². The van der Waals surface area contributed by atoms with Crippen molar-refractivity contribution in [1.29, 1.82) is 0 Å². The van der Waals surface area contributed by atoms with Gasteiger partial charge in [-0.1, -0.05) is 18.5 Å². The second kappa shape index (κ2) is 9.62. The molecule has 9 heteroatoms. The summed E-state index contributed by atoms with van der Waals surface area (Å²) in [7, 11) is 0. The molecule has 7 nitrogen and oxygen atoms in total. The second-order valence-corrected chi connectivity index (χ2v) is 9.35. The van der Waals surface area contributed by atoms with Crippen LogP contribution in [0.15, 0.2) is 53.2 Å². The Hall–Kier alpha value is -3.52. The fourth-order valence-electron chi connectivity index (χ4n) is 4.62. The van der Waals surface area contributed by atoms with Crippen LogP contribution in [0.25, 0.3) is 22.5 Å². The first kappa shape index (κ1) is 23.2. The van der Waals surface area contributed by atoms with E-state index in [4.69, 9.17) is 16.0 Å². The molecule has 2 aromatic carbocycles. The number of nitrogens with one attached hydrogen (secondary N) is 1. The van der Waals surface area contributed by atoms with Crippen molar-refractivity contribution in [3.63, 3.8) is 0 Å². The third-order valence-electron chi connectivity index (χ3n) is 6.52. The van der Waals surface area contributed by atoms with Crippen molar-refractivity contribution in [2.24, 2.45) is 5.92 Å². The molecule has 2 unspecified atom stereocenters. The van der Waals surface area contributed by atoms with Gasteiger partial charge in [0.15, 0.2) is 11.4 Å². The lowest BCUT2D eigenvalue weighted by Gasteiger charge is -2.40. The summed E-state index contributed by atoms with van der Waals surface area (Å²) in [6.45, 7) is 4.85. The zero-order valence-corrected chi connectivity index (χ0v) is 20.2. The van der Waals surface area contributed by atoms with Crippen molar-refractivity contribution in [2.45, 2.75) is 32.7 Å². The average molecular weight is 494 g/mol. The number of hydrogen-bond acceptors (Lipinski definition) is 6. The molecule has 0 bridgehead atoms. The van der Waals surface area contributed by atoms with Gasteiger partial charge >= 0.3 is 0 Å². The number of oxazole rings is 1. The van der Waals surface area contributed by atoms with Gasteiger partial charge in [-0.2, -0.15) is 4.98 Å². The van der Waals surface area contributed by atoms with Crippen LogP contribution in [0.4, 0.5) is 10.4 Å². The lowest BCUT2D eigenvalue weighted by Crippen LogP contribution is -2.51. The predicted octanol–water partition coefficient (Wildman–Crippen LogP) is 5.74. The monoisotopic (exact) mass is 493 g/mol. The summed E-state index contributed by atoms with van der Waals surface area (Å²) in [6, 6.07) is 10.2. The van der Waals surface area contributed by atoms with Crippen molar-refractivity contribution >= 4 is 34.6 Å². The van der Waals surface area contributed by atoms with Gasteiger partial charge in [-0.3, -0.25) is 4.79 Å². The first-order valence-corrected chi connectivity index (χ1v) is 12.0. The van der Waals surface area contributed by atoms with Crippen LogP contribution in [0.3, 0.4) is 0 Å². The van der Waals surface area contributed by atoms with Crippen molar-refractivity contribution in [3.8, 4) is 11.4 Å². The van der Waals surface area contributed by atoms with Crippen molar-refractivity contribution in [3.05, 3.63) is 70.8 Å². The number of aromatic nitrogens is 3. The molecule has 0 aliphatic carbocycles. The molecular weight excluding hydrogens is 469 g/mol. The van der Waals surface area contributed by atoms with E-state index in [1.54, 1.807) is 49.6 Å². The Labute approximate surface area is 207 Å². The number of likely N-dealkylation sites (tertiary alicyclic amines) is 1. The molecule has 2 atom stereocenters. The molecule has 4 aromatic rings. The largest absolute Gasteiger partial charge is 0.424 e. The van der Waals surface area contributed by atoms with E-state index in [2.05, 4.69) is 27.2 Å². The number of aryl methyl sites for hydroxylation is 1. The number of rotatable bonds is 5. The van der Waals surface area contributed by atoms with Crippen LogP contribution in [0.5, 0.6) is 0 Å². The first-order valence-electron chi connectivity index (χ1n) is 11.6. The highest BCUT2D eigenvalue weighted by atomic mass is 35.5. The van der Waals surface area contributed by atoms with Crippen molar-refractivity contribution < 1.29 is 13.6 Å². The van der Waals surface area contributed by atoms with Crippen LogP contribution >= 0.6 is 11.6 Å². The summed E-state index contributed by atoms with van der Waals surface area (Å²) in [5, 5.41) is 3.84. The molecule has 1 aliphatic rings. The number of halogens is 2. The second-order valence-electron chi connectivity index (χ2n) is 8.92. The van der Waals surface area contributed by atoms with E-state index < -0.39 is 5.82 Å². The number of fused-ring (bicyclic) bond motifs is 1. The molecule has 1 aliphatic heterocycles. The van der Waals surface area contributed by atoms with Gasteiger partial charge < -0.3 is 14.6 Å². The molecule has 0 spiro atoms. The maximum atomic E-state index is 14.5. The van der Waals surface area contributed by atoms with Gasteiger partial charge in [-0.15, -0.1) is 0 Å². The minimum atomic E-state index is -0.398. The number of nitrogens with zero attached hydrogens (tertiary/aromatic N) is 4. The van der Waals surface area contributed by atoms with E-state index >= 15 is 0 Å². The number of carbonyl (C=O) groups excluding carboxylic acids is 1. The minimum absolute atomic E-state index is 0.107. The third kappa shape index (κ3) is 4.71. The summed E-state index contributed by atoms with van der Waals surface area (Å²) in [5.41, 5.74) is 2.48. The third-order valence-corrected chi connectivity index (χ3v) is 6.76. The molecule has 5 rings (SSSR count). The summed E-state index contributed by atoms with van der Waals surface area (Å²) in [4.78, 5) is 28.7. The highest BCUT2D eigenvalue weighted by Crippen LogP contribution is 2.30. The Kier molecular flexibility index (Phi) is 6.38. The molecule has 0 radical (unpaired) electrons. The predicted molar refractivity (Wildman–Crippen MR) is 133 cm³/mol. The van der Waals surface area contributed by atoms with E-state index in [0.29, 0.717) is 57.7 Å². The van der Waals surface area contributed by atoms with Gasteiger partial charge in [0.2, 0.25) is 0 Å². The van der Waals surface area contributed by atoms with Gasteiger partial charge in [0.05, 0.1) is 11.6 Å². The molecule has 2 aromatic heterocycles. The lowest BCUT2D eigenvalue weighted by atomic mass is 9.89. The summed E-state index contributed by atoms with van der Waals surface area (Å²) >= 11 is 6.06. The van der Waals surface area contributed by atoms with Crippen molar-refractivity contribution in [2.75, 3.05) is 18.4 Å². The van der Waals surface area contributed by atoms with E-state index in [0.717, 1.165) is 12.8 Å². The molecule has 1 amide bonds. The lowest BCUT2D eigenvalue weighted by molar-refractivity contribution is 0.0540. The first-order chi connectivity index (χ1) is 16.9. The van der Waals surface area contributed by atoms with E-state index in [1.807, 2.05) is 4.90 Å². The highest BCUT2D eigenvalue weighted by Gasteiger charge is 2.34. The van der Waals surface area contributed by atoms with E-state index in [9.17, 15) is 9.18 Å². The molecular formula is C26H25ClFN5O2. The molecule has 1 saturated heterocycles. The molecule has 180 valence electrons. The zero-order valence-electron chi connectivity index (χ0n) is 19.5. The van der Waals surface area contributed by atoms with Gasteiger partial charge in [-0.05, 0) is 67.6 Å². The number of hydrogen-bond donors (Lipinski definition) is 1. The number of piperidine rings is 1. The van der Waals surface area contributed by atoms with Gasteiger partial charge in [-0.25, -0.2) is 14.4 Å². The van der Waals surface area contributed by atoms with Crippen LogP contribution in [0.2, 0.25) is 5.02 Å². The summed E-state index contributed by atoms with van der Waals surface area (Å²) < 4.78 is 20.3. The van der Waals surface area contributed by atoms with E-state index in [-0.39, 0.29) is 17.9 Å². The number of benzene rings is 2.